The van der Waals surface area contributed by atoms with E-state index in [1.54, 1.807) is 0 Å². The van der Waals surface area contributed by atoms with Gasteiger partial charge < -0.3 is 20.0 Å². The van der Waals surface area contributed by atoms with Gasteiger partial charge in [0.05, 0.1) is 11.7 Å². The maximum absolute atomic E-state index is 5.99. The Morgan fingerprint density at radius 1 is 1.11 bits per heavy atom. The van der Waals surface area contributed by atoms with Gasteiger partial charge in [-0.2, -0.15) is 0 Å². The first kappa shape index (κ1) is 18.5. The lowest BCUT2D eigenvalue weighted by Gasteiger charge is -2.26. The number of aromatic nitrogens is 1. The molecule has 0 amide bonds. The first-order chi connectivity index (χ1) is 13.7. The molecule has 2 N–H and O–H groups in total. The summed E-state index contributed by atoms with van der Waals surface area (Å²) >= 11 is 5.67. The molecular formula is C22H24N4OS. The van der Waals surface area contributed by atoms with E-state index >= 15 is 0 Å². The van der Waals surface area contributed by atoms with Crippen LogP contribution in [-0.2, 0) is 0 Å². The van der Waals surface area contributed by atoms with Crippen molar-refractivity contribution in [2.24, 2.45) is 0 Å². The molecule has 0 unspecified atom stereocenters. The van der Waals surface area contributed by atoms with Crippen LogP contribution in [0.25, 0.3) is 0 Å². The number of para-hydroxylation sites is 1. The quantitative estimate of drug-likeness (QED) is 0.457. The topological polar surface area (TPSA) is 53.3 Å². The standard InChI is InChI=1S/C22H24N4OS/c1-16-11-12-19(27-16)21-20(18-10-5-6-13-24-18)25-22(28)26(21)15-7-14-23-17-8-3-2-4-9-17/h2-6,8-13,20-21,23H,7,14-15H2,1H3,(H,25,28)/t20-,21+/m1/s1. The van der Waals surface area contributed by atoms with Crippen molar-refractivity contribution in [1.29, 1.82) is 0 Å². The van der Waals surface area contributed by atoms with Crippen molar-refractivity contribution >= 4 is 23.0 Å². The number of nitrogens with one attached hydrogen (secondary N) is 2. The van der Waals surface area contributed by atoms with Crippen LogP contribution >= 0.6 is 12.2 Å². The highest BCUT2D eigenvalue weighted by Crippen LogP contribution is 2.39. The Hall–Kier alpha value is -2.86. The number of furan rings is 1. The predicted octanol–water partition coefficient (Wildman–Crippen LogP) is 4.46. The third-order valence-corrected chi connectivity index (χ3v) is 5.28. The van der Waals surface area contributed by atoms with Gasteiger partial charge in [-0.1, -0.05) is 24.3 Å². The molecule has 5 nitrogen and oxygen atoms in total. The van der Waals surface area contributed by atoms with Gasteiger partial charge in [0.2, 0.25) is 0 Å². The molecule has 1 fully saturated rings. The lowest BCUT2D eigenvalue weighted by atomic mass is 10.0. The van der Waals surface area contributed by atoms with Crippen molar-refractivity contribution in [3.63, 3.8) is 0 Å². The molecule has 2 aromatic heterocycles. The lowest BCUT2D eigenvalue weighted by molar-refractivity contribution is 0.269. The second-order valence-corrected chi connectivity index (χ2v) is 7.30. The van der Waals surface area contributed by atoms with E-state index in [0.29, 0.717) is 0 Å². The zero-order valence-corrected chi connectivity index (χ0v) is 16.7. The van der Waals surface area contributed by atoms with Crippen LogP contribution in [-0.4, -0.2) is 28.1 Å². The fraction of sp³-hybridized carbons (Fsp3) is 0.273. The van der Waals surface area contributed by atoms with E-state index < -0.39 is 0 Å². The van der Waals surface area contributed by atoms with Crippen molar-refractivity contribution in [3.05, 3.63) is 84.1 Å². The third kappa shape index (κ3) is 4.02. The van der Waals surface area contributed by atoms with Gasteiger partial charge in [-0.25, -0.2) is 0 Å². The van der Waals surface area contributed by atoms with Gasteiger partial charge in [0.1, 0.15) is 17.6 Å². The molecule has 1 saturated heterocycles. The molecule has 1 aliphatic heterocycles. The maximum atomic E-state index is 5.99. The molecule has 2 atom stereocenters. The van der Waals surface area contributed by atoms with Gasteiger partial charge in [-0.15, -0.1) is 0 Å². The molecule has 4 rings (SSSR count). The molecule has 144 valence electrons. The molecule has 6 heteroatoms. The summed E-state index contributed by atoms with van der Waals surface area (Å²) in [6, 6.07) is 20.2. The largest absolute Gasteiger partial charge is 0.464 e. The Morgan fingerprint density at radius 2 is 1.93 bits per heavy atom. The summed E-state index contributed by atoms with van der Waals surface area (Å²) in [4.78, 5) is 6.77. The summed E-state index contributed by atoms with van der Waals surface area (Å²) in [6.45, 7) is 3.68. The molecule has 0 saturated carbocycles. The minimum absolute atomic E-state index is 0.00664. The van der Waals surface area contributed by atoms with Crippen LogP contribution in [0.15, 0.2) is 71.3 Å². The van der Waals surface area contributed by atoms with Crippen LogP contribution in [0.4, 0.5) is 5.69 Å². The van der Waals surface area contributed by atoms with Crippen molar-refractivity contribution in [2.75, 3.05) is 18.4 Å². The number of anilines is 1. The van der Waals surface area contributed by atoms with Crippen molar-refractivity contribution in [3.8, 4) is 0 Å². The van der Waals surface area contributed by atoms with Crippen LogP contribution < -0.4 is 10.6 Å². The Labute approximate surface area is 170 Å². The summed E-state index contributed by atoms with van der Waals surface area (Å²) < 4.78 is 5.99. The molecule has 3 heterocycles. The normalized spacial score (nSPS) is 18.9. The van der Waals surface area contributed by atoms with Crippen molar-refractivity contribution in [2.45, 2.75) is 25.4 Å². The second kappa shape index (κ2) is 8.44. The Kier molecular flexibility index (Phi) is 5.58. The van der Waals surface area contributed by atoms with Crippen LogP contribution in [0.3, 0.4) is 0 Å². The number of rotatable bonds is 7. The van der Waals surface area contributed by atoms with Crippen LogP contribution in [0.2, 0.25) is 0 Å². The van der Waals surface area contributed by atoms with Gasteiger partial charge >= 0.3 is 0 Å². The van der Waals surface area contributed by atoms with Gasteiger partial charge in [-0.05, 0) is 62.0 Å². The van der Waals surface area contributed by atoms with Gasteiger partial charge in [0.15, 0.2) is 5.11 Å². The molecule has 3 aromatic rings. The highest BCUT2D eigenvalue weighted by atomic mass is 32.1. The molecular weight excluding hydrogens is 368 g/mol. The maximum Gasteiger partial charge on any atom is 0.170 e. The van der Waals surface area contributed by atoms with Crippen molar-refractivity contribution in [1.82, 2.24) is 15.2 Å². The summed E-state index contributed by atoms with van der Waals surface area (Å²) in [5, 5.41) is 7.65. The fourth-order valence-electron chi connectivity index (χ4n) is 3.61. The van der Waals surface area contributed by atoms with Gasteiger partial charge in [0, 0.05) is 25.0 Å². The Balaban J connectivity index is 1.48. The zero-order chi connectivity index (χ0) is 19.3. The minimum atomic E-state index is -0.0265. The average Bonchev–Trinajstić information content (AvgIpc) is 3.29. The van der Waals surface area contributed by atoms with E-state index in [1.807, 2.05) is 61.7 Å². The number of pyridine rings is 1. The number of benzene rings is 1. The minimum Gasteiger partial charge on any atom is -0.464 e. The number of thiocarbonyl (C=S) groups is 1. The monoisotopic (exact) mass is 392 g/mol. The highest BCUT2D eigenvalue weighted by Gasteiger charge is 2.41. The van der Waals surface area contributed by atoms with E-state index in [4.69, 9.17) is 16.6 Å². The number of nitrogens with zero attached hydrogens (tertiary/aromatic N) is 2. The highest BCUT2D eigenvalue weighted by molar-refractivity contribution is 7.80. The average molecular weight is 393 g/mol. The first-order valence-electron chi connectivity index (χ1n) is 9.56. The molecule has 0 aliphatic carbocycles. The van der Waals surface area contributed by atoms with E-state index in [2.05, 4.69) is 32.7 Å². The lowest BCUT2D eigenvalue weighted by Crippen LogP contribution is -2.31. The first-order valence-corrected chi connectivity index (χ1v) is 9.96. The molecule has 0 spiro atoms. The molecule has 1 aromatic carbocycles. The summed E-state index contributed by atoms with van der Waals surface area (Å²) in [5.74, 6) is 1.81. The smallest absolute Gasteiger partial charge is 0.170 e. The number of hydrogen-bond donors (Lipinski definition) is 2. The van der Waals surface area contributed by atoms with Crippen molar-refractivity contribution < 1.29 is 4.42 Å². The number of hydrogen-bond acceptors (Lipinski definition) is 4. The third-order valence-electron chi connectivity index (χ3n) is 4.93. The number of aryl methyl sites for hydroxylation is 1. The SMILES string of the molecule is Cc1ccc([C@H]2[C@@H](c3ccccn3)NC(=S)N2CCCNc2ccccc2)o1. The molecule has 0 radical (unpaired) electrons. The van der Waals surface area contributed by atoms with Crippen LogP contribution in [0.5, 0.6) is 0 Å². The van der Waals surface area contributed by atoms with E-state index in [9.17, 15) is 0 Å². The summed E-state index contributed by atoms with van der Waals surface area (Å²) in [7, 11) is 0. The molecule has 0 bridgehead atoms. The van der Waals surface area contributed by atoms with E-state index in [0.717, 1.165) is 47.5 Å². The fourth-order valence-corrected chi connectivity index (χ4v) is 3.94. The Morgan fingerprint density at radius 3 is 2.64 bits per heavy atom. The van der Waals surface area contributed by atoms with Crippen LogP contribution in [0.1, 0.15) is 35.7 Å². The van der Waals surface area contributed by atoms with Crippen LogP contribution in [0, 0.1) is 6.92 Å². The predicted molar refractivity (Wildman–Crippen MR) is 115 cm³/mol. The Bertz CT molecular complexity index is 913. The van der Waals surface area contributed by atoms with Gasteiger partial charge in [-0.3, -0.25) is 4.98 Å². The van der Waals surface area contributed by atoms with Gasteiger partial charge in [0.25, 0.3) is 0 Å². The summed E-state index contributed by atoms with van der Waals surface area (Å²) in [6.07, 6.45) is 2.78. The zero-order valence-electron chi connectivity index (χ0n) is 15.8. The summed E-state index contributed by atoms with van der Waals surface area (Å²) in [5.41, 5.74) is 2.10. The van der Waals surface area contributed by atoms with E-state index in [1.165, 1.54) is 0 Å². The van der Waals surface area contributed by atoms with E-state index in [-0.39, 0.29) is 12.1 Å². The molecule has 1 aliphatic rings. The molecule has 28 heavy (non-hydrogen) atoms. The second-order valence-electron chi connectivity index (χ2n) is 6.91.